The van der Waals surface area contributed by atoms with E-state index < -0.39 is 21.5 Å². The second kappa shape index (κ2) is 6.01. The summed E-state index contributed by atoms with van der Waals surface area (Å²) in [5.41, 5.74) is -0.364. The summed E-state index contributed by atoms with van der Waals surface area (Å²) in [7, 11) is -3.92. The molecule has 0 aliphatic heterocycles. The van der Waals surface area contributed by atoms with E-state index in [-0.39, 0.29) is 15.5 Å². The van der Waals surface area contributed by atoms with Crippen molar-refractivity contribution in [2.45, 2.75) is 37.6 Å². The summed E-state index contributed by atoms with van der Waals surface area (Å²) in [4.78, 5) is 12.0. The first-order valence-corrected chi connectivity index (χ1v) is 8.54. The van der Waals surface area contributed by atoms with E-state index in [1.165, 1.54) is 12.1 Å². The number of hydrogen-bond acceptors (Lipinski definition) is 3. The molecule has 5 nitrogen and oxygen atoms in total. The van der Waals surface area contributed by atoms with Gasteiger partial charge in [-0.2, -0.15) is 0 Å². The number of nitrogens with two attached hydrogens (primary N) is 1. The molecular weight excluding hydrogens is 368 g/mol. The summed E-state index contributed by atoms with van der Waals surface area (Å²) in [5, 5.41) is 8.00. The number of sulfonamides is 1. The molecule has 3 N–H and O–H groups in total. The van der Waals surface area contributed by atoms with E-state index in [1.807, 2.05) is 20.8 Å². The van der Waals surface area contributed by atoms with Gasteiger partial charge in [0.1, 0.15) is 0 Å². The summed E-state index contributed by atoms with van der Waals surface area (Å²) >= 11 is 9.16. The highest BCUT2D eigenvalue weighted by molar-refractivity contribution is 9.10. The fraction of sp³-hybridized carbons (Fsp3) is 0.417. The van der Waals surface area contributed by atoms with Crippen LogP contribution in [0.1, 0.15) is 37.6 Å². The van der Waals surface area contributed by atoms with Crippen LogP contribution >= 0.6 is 27.5 Å². The third-order valence-electron chi connectivity index (χ3n) is 2.91. The van der Waals surface area contributed by atoms with Crippen molar-refractivity contribution in [1.82, 2.24) is 5.32 Å². The maximum Gasteiger partial charge on any atom is 0.253 e. The fourth-order valence-corrected chi connectivity index (χ4v) is 2.73. The van der Waals surface area contributed by atoms with Gasteiger partial charge < -0.3 is 5.32 Å². The minimum atomic E-state index is -3.92. The molecule has 0 unspecified atom stereocenters. The molecule has 0 bridgehead atoms. The van der Waals surface area contributed by atoms with Crippen LogP contribution in [0.15, 0.2) is 21.5 Å². The molecule has 20 heavy (non-hydrogen) atoms. The van der Waals surface area contributed by atoms with Gasteiger partial charge in [0.2, 0.25) is 10.0 Å². The maximum absolute atomic E-state index is 12.2. The van der Waals surface area contributed by atoms with Gasteiger partial charge in [-0.25, -0.2) is 13.6 Å². The highest BCUT2D eigenvalue weighted by Gasteiger charge is 2.23. The monoisotopic (exact) mass is 382 g/mol. The van der Waals surface area contributed by atoms with E-state index in [4.69, 9.17) is 16.7 Å². The Hall–Kier alpha value is -0.630. The number of carbonyl (C=O) groups excluding carboxylic acids is 1. The van der Waals surface area contributed by atoms with Crippen molar-refractivity contribution in [2.24, 2.45) is 5.14 Å². The molecule has 0 aromatic heterocycles. The minimum Gasteiger partial charge on any atom is -0.347 e. The van der Waals surface area contributed by atoms with E-state index in [0.717, 1.165) is 0 Å². The molecule has 0 saturated heterocycles. The lowest BCUT2D eigenvalue weighted by atomic mass is 10.0. The number of primary sulfonamides is 1. The highest BCUT2D eigenvalue weighted by Crippen LogP contribution is 2.30. The molecule has 0 aliphatic carbocycles. The molecule has 1 aromatic rings. The van der Waals surface area contributed by atoms with Crippen molar-refractivity contribution in [2.75, 3.05) is 0 Å². The topological polar surface area (TPSA) is 89.3 Å². The molecule has 0 aliphatic rings. The van der Waals surface area contributed by atoms with E-state index in [2.05, 4.69) is 21.2 Å². The van der Waals surface area contributed by atoms with Crippen LogP contribution in [0.5, 0.6) is 0 Å². The zero-order chi connectivity index (χ0) is 15.7. The van der Waals surface area contributed by atoms with Crippen molar-refractivity contribution in [3.05, 3.63) is 27.2 Å². The van der Waals surface area contributed by atoms with E-state index in [9.17, 15) is 13.2 Å². The molecular formula is C12H16BrClN2O3S. The Morgan fingerprint density at radius 2 is 2.00 bits per heavy atom. The standard InChI is InChI=1S/C12H16BrClN2O3S/c1-4-12(2,3)16-11(17)8-5-7(20(15,18)19)6-9(13)10(8)14/h5-6H,4H2,1-3H3,(H,16,17)(H2,15,18,19). The van der Waals surface area contributed by atoms with Gasteiger partial charge in [0, 0.05) is 10.0 Å². The summed E-state index contributed by atoms with van der Waals surface area (Å²) in [6, 6.07) is 2.43. The van der Waals surface area contributed by atoms with Crippen LogP contribution < -0.4 is 10.5 Å². The summed E-state index contributed by atoms with van der Waals surface area (Å²) in [5.74, 6) is -0.451. The van der Waals surface area contributed by atoms with Gasteiger partial charge >= 0.3 is 0 Å². The summed E-state index contributed by atoms with van der Waals surface area (Å²) in [6.07, 6.45) is 0.715. The van der Waals surface area contributed by atoms with E-state index in [1.54, 1.807) is 0 Å². The molecule has 0 heterocycles. The van der Waals surface area contributed by atoms with Gasteiger partial charge in [-0.3, -0.25) is 4.79 Å². The van der Waals surface area contributed by atoms with Crippen molar-refractivity contribution in [1.29, 1.82) is 0 Å². The van der Waals surface area contributed by atoms with Crippen molar-refractivity contribution in [3.63, 3.8) is 0 Å². The zero-order valence-corrected chi connectivity index (χ0v) is 14.5. The smallest absolute Gasteiger partial charge is 0.253 e. The quantitative estimate of drug-likeness (QED) is 0.837. The molecule has 0 saturated carbocycles. The Morgan fingerprint density at radius 3 is 2.45 bits per heavy atom. The predicted molar refractivity (Wildman–Crippen MR) is 82.4 cm³/mol. The number of rotatable bonds is 4. The molecule has 0 atom stereocenters. The van der Waals surface area contributed by atoms with Gasteiger partial charge in [0.15, 0.2) is 0 Å². The Labute approximate surface area is 132 Å². The van der Waals surface area contributed by atoms with Crippen LogP contribution in [0.3, 0.4) is 0 Å². The number of carbonyl (C=O) groups is 1. The second-order valence-corrected chi connectivity index (χ2v) is 7.80. The Morgan fingerprint density at radius 1 is 1.45 bits per heavy atom. The van der Waals surface area contributed by atoms with Gasteiger partial charge in [-0.15, -0.1) is 0 Å². The summed E-state index contributed by atoms with van der Waals surface area (Å²) < 4.78 is 23.1. The Kier molecular flexibility index (Phi) is 5.23. The first-order valence-electron chi connectivity index (χ1n) is 5.82. The van der Waals surface area contributed by atoms with Crippen LogP contribution in [0.2, 0.25) is 5.02 Å². The molecule has 1 rings (SSSR count). The van der Waals surface area contributed by atoms with Crippen LogP contribution in [-0.2, 0) is 10.0 Å². The number of nitrogens with one attached hydrogen (secondary N) is 1. The number of halogens is 2. The average Bonchev–Trinajstić information content (AvgIpc) is 2.30. The van der Waals surface area contributed by atoms with Crippen molar-refractivity contribution >= 4 is 43.5 Å². The fourth-order valence-electron chi connectivity index (χ4n) is 1.36. The van der Waals surface area contributed by atoms with E-state index in [0.29, 0.717) is 10.9 Å². The minimum absolute atomic E-state index is 0.0617. The molecule has 1 aromatic carbocycles. The number of hydrogen-bond donors (Lipinski definition) is 2. The average molecular weight is 384 g/mol. The molecule has 1 amide bonds. The molecule has 0 spiro atoms. The van der Waals surface area contributed by atoms with Crippen LogP contribution in [0, 0.1) is 0 Å². The van der Waals surface area contributed by atoms with Crippen LogP contribution in [0.25, 0.3) is 0 Å². The van der Waals surface area contributed by atoms with Crippen LogP contribution in [0.4, 0.5) is 0 Å². The molecule has 112 valence electrons. The first kappa shape index (κ1) is 17.4. The SMILES string of the molecule is CCC(C)(C)NC(=O)c1cc(S(N)(=O)=O)cc(Br)c1Cl. The zero-order valence-electron chi connectivity index (χ0n) is 11.3. The van der Waals surface area contributed by atoms with Crippen molar-refractivity contribution in [3.8, 4) is 0 Å². The molecule has 0 fully saturated rings. The third kappa shape index (κ3) is 4.18. The first-order chi connectivity index (χ1) is 8.98. The predicted octanol–water partition coefficient (Wildman–Crippen LogP) is 2.67. The van der Waals surface area contributed by atoms with E-state index >= 15 is 0 Å². The third-order valence-corrected chi connectivity index (χ3v) is 5.06. The highest BCUT2D eigenvalue weighted by atomic mass is 79.9. The Balaban J connectivity index is 3.31. The normalized spacial score (nSPS) is 12.3. The number of amides is 1. The van der Waals surface area contributed by atoms with Gasteiger partial charge in [0.05, 0.1) is 15.5 Å². The summed E-state index contributed by atoms with van der Waals surface area (Å²) in [6.45, 7) is 5.65. The lowest BCUT2D eigenvalue weighted by Crippen LogP contribution is -2.42. The lowest BCUT2D eigenvalue weighted by molar-refractivity contribution is 0.0911. The Bertz CT molecular complexity index is 644. The molecule has 0 radical (unpaired) electrons. The largest absolute Gasteiger partial charge is 0.347 e. The van der Waals surface area contributed by atoms with Gasteiger partial charge in [0.25, 0.3) is 5.91 Å². The second-order valence-electron chi connectivity index (χ2n) is 5.00. The van der Waals surface area contributed by atoms with Crippen LogP contribution in [-0.4, -0.2) is 19.9 Å². The van der Waals surface area contributed by atoms with Gasteiger partial charge in [-0.05, 0) is 48.3 Å². The number of benzene rings is 1. The maximum atomic E-state index is 12.2. The molecule has 8 heteroatoms. The van der Waals surface area contributed by atoms with Crippen molar-refractivity contribution < 1.29 is 13.2 Å². The van der Waals surface area contributed by atoms with Gasteiger partial charge in [-0.1, -0.05) is 18.5 Å². The lowest BCUT2D eigenvalue weighted by Gasteiger charge is -2.25.